The Labute approximate surface area is 92.8 Å². The lowest BCUT2D eigenvalue weighted by molar-refractivity contribution is -0.126. The predicted octanol–water partition coefficient (Wildman–Crippen LogP) is 1.81. The van der Waals surface area contributed by atoms with Crippen LogP contribution in [0.2, 0.25) is 0 Å². The minimum Gasteiger partial charge on any atom is -0.368 e. The number of carbonyl (C=O) groups excluding carboxylic acids is 1. The van der Waals surface area contributed by atoms with E-state index < -0.39 is 5.54 Å². The van der Waals surface area contributed by atoms with Gasteiger partial charge in [-0.2, -0.15) is 0 Å². The summed E-state index contributed by atoms with van der Waals surface area (Å²) in [5.41, 5.74) is 5.04. The van der Waals surface area contributed by atoms with Crippen molar-refractivity contribution in [3.8, 4) is 0 Å². The summed E-state index contributed by atoms with van der Waals surface area (Å²) in [7, 11) is 0. The second-order valence-electron chi connectivity index (χ2n) is 5.00. The van der Waals surface area contributed by atoms with E-state index in [9.17, 15) is 4.79 Å². The predicted molar refractivity (Wildman–Crippen MR) is 62.4 cm³/mol. The molecule has 1 rings (SSSR count). The molecule has 1 aliphatic rings. The average molecular weight is 212 g/mol. The monoisotopic (exact) mass is 212 g/mol. The average Bonchev–Trinajstić information content (AvgIpc) is 2.70. The van der Waals surface area contributed by atoms with Gasteiger partial charge in [-0.25, -0.2) is 0 Å². The van der Waals surface area contributed by atoms with E-state index in [0.717, 1.165) is 19.3 Å². The quantitative estimate of drug-likeness (QED) is 0.730. The van der Waals surface area contributed by atoms with Gasteiger partial charge in [-0.3, -0.25) is 4.79 Å². The van der Waals surface area contributed by atoms with Crippen molar-refractivity contribution in [2.24, 2.45) is 11.7 Å². The Morgan fingerprint density at radius 3 is 2.47 bits per heavy atom. The van der Waals surface area contributed by atoms with Crippen LogP contribution in [0.5, 0.6) is 0 Å². The number of primary amides is 1. The molecular formula is C12H24N2O. The fourth-order valence-corrected chi connectivity index (χ4v) is 2.51. The van der Waals surface area contributed by atoms with Crippen LogP contribution in [0.1, 0.15) is 52.9 Å². The zero-order valence-corrected chi connectivity index (χ0v) is 10.2. The molecule has 88 valence electrons. The number of nitrogens with one attached hydrogen (secondary N) is 1. The molecule has 1 saturated carbocycles. The molecule has 1 fully saturated rings. The van der Waals surface area contributed by atoms with E-state index in [1.54, 1.807) is 0 Å². The molecule has 0 saturated heterocycles. The highest BCUT2D eigenvalue weighted by atomic mass is 16.1. The minimum atomic E-state index is -0.508. The fraction of sp³-hybridized carbons (Fsp3) is 0.917. The smallest absolute Gasteiger partial charge is 0.237 e. The summed E-state index contributed by atoms with van der Waals surface area (Å²) < 4.78 is 0. The molecule has 2 atom stereocenters. The van der Waals surface area contributed by atoms with E-state index >= 15 is 0 Å². The molecule has 1 amide bonds. The standard InChI is InChI=1S/C12H24N2O/c1-4-9(2)14-12(3,11(13)15)10-7-5-6-8-10/h9-10,14H,4-8H2,1-3H3,(H2,13,15). The van der Waals surface area contributed by atoms with Crippen molar-refractivity contribution in [1.82, 2.24) is 5.32 Å². The SMILES string of the molecule is CCC(C)NC(C)(C(N)=O)C1CCCC1. The third kappa shape index (κ3) is 2.71. The largest absolute Gasteiger partial charge is 0.368 e. The van der Waals surface area contributed by atoms with Gasteiger partial charge in [-0.1, -0.05) is 19.8 Å². The molecule has 0 bridgehead atoms. The lowest BCUT2D eigenvalue weighted by Crippen LogP contribution is -2.60. The van der Waals surface area contributed by atoms with Crippen molar-refractivity contribution in [2.75, 3.05) is 0 Å². The third-order valence-corrected chi connectivity index (χ3v) is 3.84. The van der Waals surface area contributed by atoms with Gasteiger partial charge in [-0.05, 0) is 39.0 Å². The molecule has 3 nitrogen and oxygen atoms in total. The topological polar surface area (TPSA) is 55.1 Å². The minimum absolute atomic E-state index is 0.199. The summed E-state index contributed by atoms with van der Waals surface area (Å²) in [5.74, 6) is 0.221. The number of carbonyl (C=O) groups is 1. The van der Waals surface area contributed by atoms with Crippen molar-refractivity contribution in [2.45, 2.75) is 64.5 Å². The maximum Gasteiger partial charge on any atom is 0.237 e. The number of amides is 1. The van der Waals surface area contributed by atoms with Crippen molar-refractivity contribution >= 4 is 5.91 Å². The first-order valence-corrected chi connectivity index (χ1v) is 6.08. The number of rotatable bonds is 5. The molecule has 2 unspecified atom stereocenters. The normalized spacial score (nSPS) is 23.7. The highest BCUT2D eigenvalue weighted by Gasteiger charge is 2.41. The first-order chi connectivity index (χ1) is 7.00. The molecule has 3 heteroatoms. The Hall–Kier alpha value is -0.570. The lowest BCUT2D eigenvalue weighted by Gasteiger charge is -2.36. The van der Waals surface area contributed by atoms with E-state index in [2.05, 4.69) is 19.2 Å². The van der Waals surface area contributed by atoms with Gasteiger partial charge in [0, 0.05) is 6.04 Å². The third-order valence-electron chi connectivity index (χ3n) is 3.84. The molecular weight excluding hydrogens is 188 g/mol. The van der Waals surface area contributed by atoms with Crippen LogP contribution in [0.4, 0.5) is 0 Å². The van der Waals surface area contributed by atoms with Gasteiger partial charge in [0.2, 0.25) is 5.91 Å². The van der Waals surface area contributed by atoms with E-state index in [4.69, 9.17) is 5.73 Å². The van der Waals surface area contributed by atoms with Gasteiger partial charge in [0.15, 0.2) is 0 Å². The van der Waals surface area contributed by atoms with Crippen molar-refractivity contribution < 1.29 is 4.79 Å². The van der Waals surface area contributed by atoms with E-state index in [1.807, 2.05) is 6.92 Å². The Kier molecular flexibility index (Phi) is 4.14. The van der Waals surface area contributed by atoms with Crippen molar-refractivity contribution in [1.29, 1.82) is 0 Å². The van der Waals surface area contributed by atoms with Crippen LogP contribution in [0.3, 0.4) is 0 Å². The van der Waals surface area contributed by atoms with E-state index in [0.29, 0.717) is 12.0 Å². The Morgan fingerprint density at radius 2 is 2.07 bits per heavy atom. The van der Waals surface area contributed by atoms with Gasteiger partial charge in [-0.15, -0.1) is 0 Å². The Balaban J connectivity index is 2.72. The Bertz CT molecular complexity index is 224. The first kappa shape index (κ1) is 12.5. The molecule has 0 aromatic carbocycles. The second kappa shape index (κ2) is 4.97. The van der Waals surface area contributed by atoms with Gasteiger partial charge in [0.05, 0.1) is 5.54 Å². The maximum atomic E-state index is 11.6. The van der Waals surface area contributed by atoms with E-state index in [-0.39, 0.29) is 5.91 Å². The summed E-state index contributed by atoms with van der Waals surface area (Å²) in [5, 5.41) is 3.41. The van der Waals surface area contributed by atoms with Gasteiger partial charge in [0.1, 0.15) is 0 Å². The molecule has 0 heterocycles. The summed E-state index contributed by atoms with van der Waals surface area (Å²) in [6.45, 7) is 6.20. The van der Waals surface area contributed by atoms with Crippen LogP contribution in [-0.2, 0) is 4.79 Å². The molecule has 15 heavy (non-hydrogen) atoms. The van der Waals surface area contributed by atoms with Crippen LogP contribution in [0.15, 0.2) is 0 Å². The summed E-state index contributed by atoms with van der Waals surface area (Å²) >= 11 is 0. The maximum absolute atomic E-state index is 11.6. The Morgan fingerprint density at radius 1 is 1.53 bits per heavy atom. The molecule has 1 aliphatic carbocycles. The van der Waals surface area contributed by atoms with E-state index in [1.165, 1.54) is 12.8 Å². The number of nitrogens with two attached hydrogens (primary N) is 1. The first-order valence-electron chi connectivity index (χ1n) is 6.08. The summed E-state index contributed by atoms with van der Waals surface area (Å²) in [4.78, 5) is 11.6. The van der Waals surface area contributed by atoms with Gasteiger partial charge >= 0.3 is 0 Å². The second-order valence-corrected chi connectivity index (χ2v) is 5.00. The summed E-state index contributed by atoms with van der Waals surface area (Å²) in [6, 6.07) is 0.350. The van der Waals surface area contributed by atoms with Crippen LogP contribution < -0.4 is 11.1 Å². The zero-order valence-electron chi connectivity index (χ0n) is 10.2. The highest BCUT2D eigenvalue weighted by molar-refractivity contribution is 5.84. The van der Waals surface area contributed by atoms with Crippen LogP contribution in [0, 0.1) is 5.92 Å². The molecule has 0 aliphatic heterocycles. The number of hydrogen-bond donors (Lipinski definition) is 2. The van der Waals surface area contributed by atoms with Crippen molar-refractivity contribution in [3.63, 3.8) is 0 Å². The lowest BCUT2D eigenvalue weighted by atomic mass is 9.82. The zero-order chi connectivity index (χ0) is 11.5. The molecule has 0 radical (unpaired) electrons. The fourth-order valence-electron chi connectivity index (χ4n) is 2.51. The van der Waals surface area contributed by atoms with Crippen LogP contribution in [0.25, 0.3) is 0 Å². The van der Waals surface area contributed by atoms with Gasteiger partial charge in [0.25, 0.3) is 0 Å². The number of hydrogen-bond acceptors (Lipinski definition) is 2. The van der Waals surface area contributed by atoms with Crippen LogP contribution >= 0.6 is 0 Å². The molecule has 0 aromatic rings. The summed E-state index contributed by atoms with van der Waals surface area (Å²) in [6.07, 6.45) is 5.74. The van der Waals surface area contributed by atoms with Crippen molar-refractivity contribution in [3.05, 3.63) is 0 Å². The van der Waals surface area contributed by atoms with Gasteiger partial charge < -0.3 is 11.1 Å². The molecule has 0 spiro atoms. The molecule has 3 N–H and O–H groups in total. The highest BCUT2D eigenvalue weighted by Crippen LogP contribution is 2.34. The van der Waals surface area contributed by atoms with Crippen LogP contribution in [-0.4, -0.2) is 17.5 Å². The molecule has 0 aromatic heterocycles.